The fourth-order valence-electron chi connectivity index (χ4n) is 4.05. The van der Waals surface area contributed by atoms with Gasteiger partial charge >= 0.3 is 0 Å². The number of aryl methyl sites for hydroxylation is 6. The van der Waals surface area contributed by atoms with Crippen molar-refractivity contribution in [3.8, 4) is 6.07 Å². The molecule has 0 aliphatic heterocycles. The molecule has 0 aromatic heterocycles. The van der Waals surface area contributed by atoms with Gasteiger partial charge in [0.15, 0.2) is 5.30 Å². The molecule has 1 atom stereocenters. The maximum atomic E-state index is 7.32. The van der Waals surface area contributed by atoms with E-state index in [1.807, 2.05) is 0 Å². The average Bonchev–Trinajstić information content (AvgIpc) is 2.71. The van der Waals surface area contributed by atoms with E-state index in [-0.39, 0.29) is 27.8 Å². The SMILES string of the molecule is C/C(=[PH+]\c1c(C)cc(C)cc1C)C(=Nc1c(C)cc(C)cc1C)c1ccccc1.CC#N.[CH3-].[Pd]. The number of rotatable bonds is 4. The van der Waals surface area contributed by atoms with Crippen molar-refractivity contribution in [1.29, 1.82) is 5.26 Å². The summed E-state index contributed by atoms with van der Waals surface area (Å²) in [6, 6.07) is 21.4. The quantitative estimate of drug-likeness (QED) is 0.138. The van der Waals surface area contributed by atoms with Crippen LogP contribution in [0.5, 0.6) is 0 Å². The van der Waals surface area contributed by atoms with Crippen molar-refractivity contribution in [1.82, 2.24) is 0 Å². The van der Waals surface area contributed by atoms with Gasteiger partial charge < -0.3 is 7.43 Å². The predicted molar refractivity (Wildman–Crippen MR) is 150 cm³/mol. The standard InChI is InChI=1S/C27H30NP.C2H3N.CH3.Pd/c1-17-13-19(3)25(20(4)14-17)28-26(24-11-9-8-10-12-24)23(7)29-27-21(5)15-18(2)16-22(27)6;1-2-3;;/h8-16H,1-7H3;1H3;1H3;/q;;-1;/p+1. The molecule has 3 aromatic rings. The van der Waals surface area contributed by atoms with Crippen molar-refractivity contribution in [3.05, 3.63) is 101 Å². The number of nitriles is 1. The molecule has 0 radical (unpaired) electrons. The molecule has 1 unspecified atom stereocenters. The zero-order chi connectivity index (χ0) is 23.8. The zero-order valence-corrected chi connectivity index (χ0v) is 24.5. The van der Waals surface area contributed by atoms with Gasteiger partial charge in [0.25, 0.3) is 0 Å². The van der Waals surface area contributed by atoms with Crippen LogP contribution in [0.4, 0.5) is 5.69 Å². The third-order valence-corrected chi connectivity index (χ3v) is 6.90. The molecular formula is C30H37N2PPd. The normalized spacial score (nSPS) is 10.8. The van der Waals surface area contributed by atoms with Crippen LogP contribution < -0.4 is 5.30 Å². The maximum Gasteiger partial charge on any atom is 0.152 e. The number of hydrogen-bond acceptors (Lipinski definition) is 2. The summed E-state index contributed by atoms with van der Waals surface area (Å²) >= 11 is 0. The van der Waals surface area contributed by atoms with Crippen LogP contribution in [0.1, 0.15) is 52.8 Å². The Morgan fingerprint density at radius 3 is 1.65 bits per heavy atom. The van der Waals surface area contributed by atoms with E-state index < -0.39 is 0 Å². The molecule has 0 saturated heterocycles. The molecule has 34 heavy (non-hydrogen) atoms. The van der Waals surface area contributed by atoms with Gasteiger partial charge in [-0.3, -0.25) is 0 Å². The van der Waals surface area contributed by atoms with Gasteiger partial charge in [-0.05, 0) is 63.8 Å². The van der Waals surface area contributed by atoms with Crippen molar-refractivity contribution in [3.63, 3.8) is 0 Å². The first kappa shape index (κ1) is 31.7. The Labute approximate surface area is 222 Å². The fraction of sp³-hybridized carbons (Fsp3) is 0.267. The van der Waals surface area contributed by atoms with Crippen LogP contribution in [0, 0.1) is 60.3 Å². The predicted octanol–water partition coefficient (Wildman–Crippen LogP) is 7.83. The molecule has 182 valence electrons. The monoisotopic (exact) mass is 562 g/mol. The molecule has 0 heterocycles. The minimum atomic E-state index is 0. The first-order valence-electron chi connectivity index (χ1n) is 10.9. The van der Waals surface area contributed by atoms with Crippen molar-refractivity contribution in [2.24, 2.45) is 4.99 Å². The molecule has 2 nitrogen and oxygen atoms in total. The van der Waals surface area contributed by atoms with Crippen LogP contribution in [0.2, 0.25) is 0 Å². The Kier molecular flexibility index (Phi) is 13.8. The largest absolute Gasteiger partial charge is 0.358 e. The molecule has 0 fully saturated rings. The van der Waals surface area contributed by atoms with Crippen molar-refractivity contribution in [2.45, 2.75) is 55.4 Å². The van der Waals surface area contributed by atoms with E-state index in [9.17, 15) is 0 Å². The van der Waals surface area contributed by atoms with E-state index in [4.69, 9.17) is 10.3 Å². The minimum absolute atomic E-state index is 0. The van der Waals surface area contributed by atoms with Gasteiger partial charge in [0, 0.05) is 39.8 Å². The van der Waals surface area contributed by atoms with E-state index in [1.165, 1.54) is 56.5 Å². The summed E-state index contributed by atoms with van der Waals surface area (Å²) in [7, 11) is 0.607. The van der Waals surface area contributed by atoms with Gasteiger partial charge in [0.2, 0.25) is 0 Å². The first-order valence-corrected chi connectivity index (χ1v) is 11.9. The molecule has 0 saturated carbocycles. The third kappa shape index (κ3) is 8.46. The Bertz CT molecular complexity index is 1160. The summed E-state index contributed by atoms with van der Waals surface area (Å²) < 4.78 is 0. The van der Waals surface area contributed by atoms with E-state index >= 15 is 0 Å². The van der Waals surface area contributed by atoms with Gasteiger partial charge in [-0.1, -0.05) is 65.7 Å². The maximum absolute atomic E-state index is 7.32. The summed E-state index contributed by atoms with van der Waals surface area (Å²) in [5.41, 5.74) is 11.2. The fourth-order valence-corrected chi connectivity index (χ4v) is 5.28. The van der Waals surface area contributed by atoms with Crippen LogP contribution in [0.3, 0.4) is 0 Å². The third-order valence-electron chi connectivity index (χ3n) is 5.25. The molecule has 3 aromatic carbocycles. The van der Waals surface area contributed by atoms with E-state index in [2.05, 4.69) is 103 Å². The van der Waals surface area contributed by atoms with Gasteiger partial charge in [-0.15, -0.1) is 0 Å². The van der Waals surface area contributed by atoms with E-state index in [1.54, 1.807) is 6.07 Å². The van der Waals surface area contributed by atoms with Crippen molar-refractivity contribution < 1.29 is 20.4 Å². The summed E-state index contributed by atoms with van der Waals surface area (Å²) in [5, 5.41) is 10.1. The molecule has 0 amide bonds. The van der Waals surface area contributed by atoms with Gasteiger partial charge in [0.05, 0.1) is 11.8 Å². The van der Waals surface area contributed by atoms with E-state index in [0.717, 1.165) is 11.4 Å². The smallest absolute Gasteiger partial charge is 0.152 e. The van der Waals surface area contributed by atoms with Gasteiger partial charge in [0.1, 0.15) is 19.2 Å². The first-order chi connectivity index (χ1) is 15.2. The van der Waals surface area contributed by atoms with Gasteiger partial charge in [-0.25, -0.2) is 4.99 Å². The Hall–Kier alpha value is -2.35. The summed E-state index contributed by atoms with van der Waals surface area (Å²) in [6.07, 6.45) is 0. The molecular weight excluding hydrogens is 526 g/mol. The van der Waals surface area contributed by atoms with Crippen LogP contribution >= 0.6 is 8.20 Å². The van der Waals surface area contributed by atoms with E-state index in [0.29, 0.717) is 8.20 Å². The van der Waals surface area contributed by atoms with Crippen molar-refractivity contribution >= 4 is 30.2 Å². The average molecular weight is 563 g/mol. The molecule has 0 spiro atoms. The van der Waals surface area contributed by atoms with Crippen LogP contribution in [-0.2, 0) is 20.4 Å². The second kappa shape index (κ2) is 14.8. The number of aliphatic imine (C=N–C) groups is 1. The molecule has 4 heteroatoms. The Morgan fingerprint density at radius 2 is 1.21 bits per heavy atom. The second-order valence-corrected chi connectivity index (χ2v) is 9.82. The number of benzene rings is 3. The molecule has 0 N–H and O–H groups in total. The number of nitrogens with zero attached hydrogens (tertiary/aromatic N) is 2. The zero-order valence-electron chi connectivity index (χ0n) is 21.9. The number of hydrogen-bond donors (Lipinski definition) is 0. The topological polar surface area (TPSA) is 36.1 Å². The Balaban J connectivity index is 0.00000207. The summed E-state index contributed by atoms with van der Waals surface area (Å²) in [5.74, 6) is 0. The Morgan fingerprint density at radius 1 is 0.794 bits per heavy atom. The molecule has 0 bridgehead atoms. The van der Waals surface area contributed by atoms with Crippen LogP contribution in [-0.4, -0.2) is 11.0 Å². The second-order valence-electron chi connectivity index (χ2n) is 8.32. The van der Waals surface area contributed by atoms with Gasteiger partial charge in [-0.2, -0.15) is 5.26 Å². The van der Waals surface area contributed by atoms with Crippen molar-refractivity contribution in [2.75, 3.05) is 0 Å². The van der Waals surface area contributed by atoms with Crippen LogP contribution in [0.25, 0.3) is 0 Å². The molecule has 0 aliphatic carbocycles. The molecule has 0 aliphatic rings. The summed E-state index contributed by atoms with van der Waals surface area (Å²) in [6.45, 7) is 16.8. The molecule has 3 rings (SSSR count). The minimum Gasteiger partial charge on any atom is -0.358 e. The summed E-state index contributed by atoms with van der Waals surface area (Å²) in [4.78, 5) is 5.23. The van der Waals surface area contributed by atoms with Crippen LogP contribution in [0.15, 0.2) is 59.6 Å².